The van der Waals surface area contributed by atoms with Crippen LogP contribution in [0.1, 0.15) is 43.6 Å². The fraction of sp³-hybridized carbons (Fsp3) is 0.667. The van der Waals surface area contributed by atoms with Crippen molar-refractivity contribution in [2.45, 2.75) is 38.0 Å². The highest BCUT2D eigenvalue weighted by Gasteiger charge is 2.23. The van der Waals surface area contributed by atoms with Crippen molar-refractivity contribution in [3.05, 3.63) is 10.2 Å². The molecule has 1 aromatic heterocycles. The van der Waals surface area contributed by atoms with E-state index in [1.807, 2.05) is 0 Å². The summed E-state index contributed by atoms with van der Waals surface area (Å²) in [5.74, 6) is 1.04. The van der Waals surface area contributed by atoms with E-state index in [1.54, 1.807) is 0 Å². The zero-order valence-electron chi connectivity index (χ0n) is 7.42. The Morgan fingerprint density at radius 1 is 1.31 bits per heavy atom. The first-order valence-corrected chi connectivity index (χ1v) is 5.49. The Bertz CT molecular complexity index is 272. The van der Waals surface area contributed by atoms with Gasteiger partial charge in [-0.05, 0) is 34.7 Å². The minimum absolute atomic E-state index is 0.485. The van der Waals surface area contributed by atoms with Gasteiger partial charge in [-0.2, -0.15) is 0 Å². The van der Waals surface area contributed by atoms with Crippen LogP contribution in [-0.4, -0.2) is 5.16 Å². The van der Waals surface area contributed by atoms with Crippen LogP contribution in [-0.2, 0) is 0 Å². The van der Waals surface area contributed by atoms with E-state index in [2.05, 4.69) is 21.1 Å². The van der Waals surface area contributed by atoms with Gasteiger partial charge < -0.3 is 10.3 Å². The molecule has 0 spiro atoms. The zero-order valence-corrected chi connectivity index (χ0v) is 9.01. The molecule has 2 rings (SSSR count). The number of halogens is 1. The number of anilines is 1. The molecule has 4 heteroatoms. The molecule has 13 heavy (non-hydrogen) atoms. The van der Waals surface area contributed by atoms with E-state index in [-0.39, 0.29) is 0 Å². The molecule has 0 bridgehead atoms. The predicted molar refractivity (Wildman–Crippen MR) is 54.4 cm³/mol. The van der Waals surface area contributed by atoms with E-state index in [4.69, 9.17) is 10.3 Å². The van der Waals surface area contributed by atoms with Gasteiger partial charge in [0.25, 0.3) is 0 Å². The first kappa shape index (κ1) is 9.06. The molecule has 1 aliphatic carbocycles. The topological polar surface area (TPSA) is 52.0 Å². The van der Waals surface area contributed by atoms with Crippen LogP contribution in [0.15, 0.2) is 9.13 Å². The van der Waals surface area contributed by atoms with E-state index in [1.165, 1.54) is 32.1 Å². The Hall–Kier alpha value is -0.510. The molecule has 1 heterocycles. The molecule has 0 amide bonds. The average molecular weight is 245 g/mol. The van der Waals surface area contributed by atoms with Gasteiger partial charge in [-0.15, -0.1) is 0 Å². The lowest BCUT2D eigenvalue weighted by molar-refractivity contribution is 0.425. The van der Waals surface area contributed by atoms with E-state index in [0.29, 0.717) is 11.8 Å². The molecule has 0 unspecified atom stereocenters. The summed E-state index contributed by atoms with van der Waals surface area (Å²) >= 11 is 3.37. The largest absolute Gasteiger partial charge is 0.367 e. The summed E-state index contributed by atoms with van der Waals surface area (Å²) in [6.07, 6.45) is 6.36. The SMILES string of the molecule is Nc1onc(Br)c1C1CCCCC1. The second-order valence-electron chi connectivity index (χ2n) is 3.59. The minimum Gasteiger partial charge on any atom is -0.367 e. The van der Waals surface area contributed by atoms with Crippen LogP contribution in [0.5, 0.6) is 0 Å². The highest BCUT2D eigenvalue weighted by molar-refractivity contribution is 9.10. The Labute approximate surface area is 85.8 Å². The Morgan fingerprint density at radius 3 is 2.54 bits per heavy atom. The van der Waals surface area contributed by atoms with Crippen LogP contribution in [0.3, 0.4) is 0 Å². The highest BCUT2D eigenvalue weighted by Crippen LogP contribution is 2.39. The average Bonchev–Trinajstić information content (AvgIpc) is 2.48. The molecular weight excluding hydrogens is 232 g/mol. The molecule has 0 atom stereocenters. The Kier molecular flexibility index (Phi) is 2.58. The molecule has 1 aliphatic rings. The molecule has 1 fully saturated rings. The van der Waals surface area contributed by atoms with Crippen molar-refractivity contribution >= 4 is 21.8 Å². The van der Waals surface area contributed by atoms with Gasteiger partial charge in [0.05, 0.1) is 5.56 Å². The summed E-state index contributed by atoms with van der Waals surface area (Å²) in [7, 11) is 0. The number of nitrogen functional groups attached to an aromatic ring is 1. The maximum absolute atomic E-state index is 5.71. The van der Waals surface area contributed by atoms with E-state index in [9.17, 15) is 0 Å². The highest BCUT2D eigenvalue weighted by atomic mass is 79.9. The van der Waals surface area contributed by atoms with Crippen molar-refractivity contribution < 1.29 is 4.52 Å². The molecule has 1 aromatic rings. The number of rotatable bonds is 1. The summed E-state index contributed by atoms with van der Waals surface area (Å²) in [6, 6.07) is 0. The summed E-state index contributed by atoms with van der Waals surface area (Å²) in [6.45, 7) is 0. The van der Waals surface area contributed by atoms with Crippen LogP contribution in [0, 0.1) is 0 Å². The lowest BCUT2D eigenvalue weighted by atomic mass is 9.85. The second-order valence-corrected chi connectivity index (χ2v) is 4.34. The van der Waals surface area contributed by atoms with Crippen LogP contribution >= 0.6 is 15.9 Å². The maximum Gasteiger partial charge on any atom is 0.226 e. The first-order chi connectivity index (χ1) is 6.29. The summed E-state index contributed by atoms with van der Waals surface area (Å²) in [5, 5.41) is 3.81. The number of hydrogen-bond donors (Lipinski definition) is 1. The second kappa shape index (κ2) is 3.70. The lowest BCUT2D eigenvalue weighted by Crippen LogP contribution is -2.06. The van der Waals surface area contributed by atoms with E-state index < -0.39 is 0 Å². The Balaban J connectivity index is 2.22. The molecule has 0 aromatic carbocycles. The van der Waals surface area contributed by atoms with Crippen molar-refractivity contribution in [1.29, 1.82) is 0 Å². The molecule has 0 radical (unpaired) electrons. The monoisotopic (exact) mass is 244 g/mol. The van der Waals surface area contributed by atoms with E-state index in [0.717, 1.165) is 10.2 Å². The summed E-state index contributed by atoms with van der Waals surface area (Å²) in [5.41, 5.74) is 6.80. The van der Waals surface area contributed by atoms with Gasteiger partial charge in [0.1, 0.15) is 0 Å². The van der Waals surface area contributed by atoms with Gasteiger partial charge in [0, 0.05) is 0 Å². The predicted octanol–water partition coefficient (Wildman–Crippen LogP) is 3.07. The molecule has 0 saturated heterocycles. The van der Waals surface area contributed by atoms with Crippen LogP contribution in [0.4, 0.5) is 5.88 Å². The van der Waals surface area contributed by atoms with Crippen LogP contribution in [0.2, 0.25) is 0 Å². The Morgan fingerprint density at radius 2 is 2.00 bits per heavy atom. The van der Waals surface area contributed by atoms with Crippen molar-refractivity contribution in [2.24, 2.45) is 0 Å². The molecule has 1 saturated carbocycles. The van der Waals surface area contributed by atoms with E-state index >= 15 is 0 Å². The molecule has 3 nitrogen and oxygen atoms in total. The number of nitrogens with two attached hydrogens (primary N) is 1. The zero-order chi connectivity index (χ0) is 9.26. The van der Waals surface area contributed by atoms with Gasteiger partial charge in [-0.3, -0.25) is 0 Å². The molecule has 2 N–H and O–H groups in total. The normalized spacial score (nSPS) is 19.2. The molecule has 72 valence electrons. The van der Waals surface area contributed by atoms with Crippen molar-refractivity contribution in [2.75, 3.05) is 5.73 Å². The van der Waals surface area contributed by atoms with Crippen LogP contribution in [0.25, 0.3) is 0 Å². The van der Waals surface area contributed by atoms with Gasteiger partial charge in [0.2, 0.25) is 5.88 Å². The lowest BCUT2D eigenvalue weighted by Gasteiger charge is -2.20. The molecular formula is C9H13BrN2O. The van der Waals surface area contributed by atoms with Gasteiger partial charge in [-0.1, -0.05) is 24.4 Å². The third-order valence-corrected chi connectivity index (χ3v) is 3.30. The fourth-order valence-electron chi connectivity index (χ4n) is 2.05. The number of hydrogen-bond acceptors (Lipinski definition) is 3. The van der Waals surface area contributed by atoms with Crippen molar-refractivity contribution in [3.63, 3.8) is 0 Å². The fourth-order valence-corrected chi connectivity index (χ4v) is 2.64. The maximum atomic E-state index is 5.71. The summed E-state index contributed by atoms with van der Waals surface area (Å²) in [4.78, 5) is 0. The van der Waals surface area contributed by atoms with Gasteiger partial charge >= 0.3 is 0 Å². The standard InChI is InChI=1S/C9H13BrN2O/c10-8-7(9(11)13-12-8)6-4-2-1-3-5-6/h6H,1-5,11H2. The number of aromatic nitrogens is 1. The van der Waals surface area contributed by atoms with Crippen molar-refractivity contribution in [3.8, 4) is 0 Å². The first-order valence-electron chi connectivity index (χ1n) is 4.69. The minimum atomic E-state index is 0.485. The van der Waals surface area contributed by atoms with Crippen molar-refractivity contribution in [1.82, 2.24) is 5.16 Å². The van der Waals surface area contributed by atoms with Crippen LogP contribution < -0.4 is 5.73 Å². The third-order valence-electron chi connectivity index (χ3n) is 2.73. The quantitative estimate of drug-likeness (QED) is 0.827. The van der Waals surface area contributed by atoms with Gasteiger partial charge in [-0.25, -0.2) is 0 Å². The van der Waals surface area contributed by atoms with Gasteiger partial charge in [0.15, 0.2) is 4.60 Å². The molecule has 0 aliphatic heterocycles. The smallest absolute Gasteiger partial charge is 0.226 e. The number of nitrogens with zero attached hydrogens (tertiary/aromatic N) is 1. The summed E-state index contributed by atoms with van der Waals surface area (Å²) < 4.78 is 5.72. The third kappa shape index (κ3) is 1.73.